The second kappa shape index (κ2) is 10.8. The lowest BCUT2D eigenvalue weighted by Gasteiger charge is -2.48. The van der Waals surface area contributed by atoms with Gasteiger partial charge in [-0.3, -0.25) is 9.48 Å². The van der Waals surface area contributed by atoms with Crippen LogP contribution in [0.1, 0.15) is 30.8 Å². The number of nitrogens with zero attached hydrogens (tertiary/aromatic N) is 7. The summed E-state index contributed by atoms with van der Waals surface area (Å²) < 4.78 is 36.1. The maximum absolute atomic E-state index is 12.9. The normalized spacial score (nSPS) is 15.8. The first-order chi connectivity index (χ1) is 18.3. The highest BCUT2D eigenvalue weighted by Gasteiger charge is 2.51. The van der Waals surface area contributed by atoms with Crippen molar-refractivity contribution in [1.29, 1.82) is 5.26 Å². The van der Waals surface area contributed by atoms with Gasteiger partial charge in [-0.1, -0.05) is 19.6 Å². The molecule has 4 rings (SSSR count). The number of carbonyl (C=O) groups is 1. The van der Waals surface area contributed by atoms with Crippen molar-refractivity contribution in [3.8, 4) is 17.3 Å². The minimum Gasteiger partial charge on any atom is -0.361 e. The van der Waals surface area contributed by atoms with E-state index in [0.29, 0.717) is 30.2 Å². The van der Waals surface area contributed by atoms with E-state index in [0.717, 1.165) is 11.4 Å². The SMILES string of the molecule is CNC(=O)c1nn(C2(CC#N)CN(S(=O)(=O)C(C)C)C2)cc1-c1ncnc2c1ccn2COCC[Si](C)(C)C. The van der Waals surface area contributed by atoms with Gasteiger partial charge in [-0.15, -0.1) is 0 Å². The van der Waals surface area contributed by atoms with Gasteiger partial charge in [0.05, 0.1) is 29.0 Å². The molecule has 210 valence electrons. The number of amides is 1. The molecule has 1 N–H and O–H groups in total. The van der Waals surface area contributed by atoms with Crippen LogP contribution in [0.5, 0.6) is 0 Å². The minimum absolute atomic E-state index is 0.0374. The number of ether oxygens (including phenoxy) is 1. The number of hydrogen-bond acceptors (Lipinski definition) is 8. The summed E-state index contributed by atoms with van der Waals surface area (Å²) in [5.74, 6) is -0.414. The summed E-state index contributed by atoms with van der Waals surface area (Å²) in [6, 6.07) is 5.10. The van der Waals surface area contributed by atoms with Crippen LogP contribution in [0.15, 0.2) is 24.8 Å². The number of nitriles is 1. The largest absolute Gasteiger partial charge is 0.361 e. The quantitative estimate of drug-likeness (QED) is 0.272. The molecule has 0 aromatic carbocycles. The molecule has 3 aromatic heterocycles. The van der Waals surface area contributed by atoms with Crippen molar-refractivity contribution >= 4 is 35.0 Å². The highest BCUT2D eigenvalue weighted by molar-refractivity contribution is 7.89. The fraction of sp³-hybridized carbons (Fsp3) is 0.560. The molecule has 1 amide bonds. The van der Waals surface area contributed by atoms with Gasteiger partial charge in [-0.2, -0.15) is 14.7 Å². The summed E-state index contributed by atoms with van der Waals surface area (Å²) in [5, 5.41) is 16.9. The molecular formula is C25H36N8O4SSi. The molecular weight excluding hydrogens is 536 g/mol. The second-order valence-corrected chi connectivity index (χ2v) is 19.5. The van der Waals surface area contributed by atoms with Crippen LogP contribution in [0, 0.1) is 11.3 Å². The Hall–Kier alpha value is -3.12. The summed E-state index contributed by atoms with van der Waals surface area (Å²) in [6.07, 6.45) is 5.03. The van der Waals surface area contributed by atoms with E-state index in [1.165, 1.54) is 17.7 Å². The highest BCUT2D eigenvalue weighted by atomic mass is 32.2. The average molecular weight is 573 g/mol. The maximum atomic E-state index is 12.9. The Bertz CT molecular complexity index is 1510. The van der Waals surface area contributed by atoms with E-state index in [1.807, 2.05) is 16.8 Å². The van der Waals surface area contributed by atoms with Crippen molar-refractivity contribution in [3.63, 3.8) is 0 Å². The van der Waals surface area contributed by atoms with E-state index in [1.54, 1.807) is 24.7 Å². The van der Waals surface area contributed by atoms with Crippen LogP contribution < -0.4 is 5.32 Å². The molecule has 0 unspecified atom stereocenters. The smallest absolute Gasteiger partial charge is 0.272 e. The van der Waals surface area contributed by atoms with E-state index >= 15 is 0 Å². The summed E-state index contributed by atoms with van der Waals surface area (Å²) in [4.78, 5) is 21.8. The predicted octanol–water partition coefficient (Wildman–Crippen LogP) is 2.63. The minimum atomic E-state index is -3.49. The third-order valence-electron chi connectivity index (χ3n) is 6.99. The average Bonchev–Trinajstić information content (AvgIpc) is 3.47. The van der Waals surface area contributed by atoms with Gasteiger partial charge < -0.3 is 14.6 Å². The Morgan fingerprint density at radius 3 is 2.62 bits per heavy atom. The van der Waals surface area contributed by atoms with Gasteiger partial charge in [0.2, 0.25) is 10.0 Å². The molecule has 12 nitrogen and oxygen atoms in total. The zero-order valence-corrected chi connectivity index (χ0v) is 25.1. The lowest BCUT2D eigenvalue weighted by molar-refractivity contribution is 0.0700. The van der Waals surface area contributed by atoms with Crippen molar-refractivity contribution in [1.82, 2.24) is 33.9 Å². The van der Waals surface area contributed by atoms with Crippen molar-refractivity contribution < 1.29 is 17.9 Å². The third-order valence-corrected chi connectivity index (χ3v) is 10.9. The second-order valence-electron chi connectivity index (χ2n) is 11.4. The molecule has 0 atom stereocenters. The Morgan fingerprint density at radius 1 is 1.28 bits per heavy atom. The molecule has 39 heavy (non-hydrogen) atoms. The van der Waals surface area contributed by atoms with Gasteiger partial charge in [0.1, 0.15) is 24.2 Å². The monoisotopic (exact) mass is 572 g/mol. The standard InChI is InChI=1S/C25H36N8O4SSi/c1-18(2)38(35,36)32-14-25(15-32,8-9-26)33-13-20(22(30-33)24(34)27-3)21-19-7-10-31(23(19)29-16-28-21)17-37-11-12-39(4,5)6/h7,10,13,16,18H,8,11-12,14-15,17H2,1-6H3,(H,27,34). The molecule has 1 fully saturated rings. The van der Waals surface area contributed by atoms with Crippen molar-refractivity contribution in [2.24, 2.45) is 0 Å². The Balaban J connectivity index is 1.70. The Kier molecular flexibility index (Phi) is 8.00. The lowest BCUT2D eigenvalue weighted by Crippen LogP contribution is -2.65. The number of fused-ring (bicyclic) bond motifs is 1. The zero-order chi connectivity index (χ0) is 28.6. The van der Waals surface area contributed by atoms with Crippen LogP contribution in [-0.4, -0.2) is 83.0 Å². The molecule has 3 aromatic rings. The third kappa shape index (κ3) is 5.62. The first-order valence-corrected chi connectivity index (χ1v) is 18.1. The molecule has 0 spiro atoms. The first-order valence-electron chi connectivity index (χ1n) is 12.9. The molecule has 4 heterocycles. The van der Waals surface area contributed by atoms with Gasteiger partial charge in [-0.05, 0) is 26.0 Å². The zero-order valence-electron chi connectivity index (χ0n) is 23.3. The highest BCUT2D eigenvalue weighted by Crippen LogP contribution is 2.38. The topological polar surface area (TPSA) is 148 Å². The Labute approximate surface area is 230 Å². The number of carbonyl (C=O) groups excluding carboxylic acids is 1. The number of aromatic nitrogens is 5. The van der Waals surface area contributed by atoms with Gasteiger partial charge in [0.15, 0.2) is 5.69 Å². The number of rotatable bonds is 11. The van der Waals surface area contributed by atoms with Crippen molar-refractivity contribution in [3.05, 3.63) is 30.5 Å². The van der Waals surface area contributed by atoms with E-state index in [2.05, 4.69) is 46.1 Å². The molecule has 0 radical (unpaired) electrons. The van der Waals surface area contributed by atoms with Crippen LogP contribution in [-0.2, 0) is 27.0 Å². The van der Waals surface area contributed by atoms with Gasteiger partial charge >= 0.3 is 0 Å². The predicted molar refractivity (Wildman–Crippen MR) is 150 cm³/mol. The molecule has 14 heteroatoms. The Morgan fingerprint density at radius 2 is 2.00 bits per heavy atom. The van der Waals surface area contributed by atoms with E-state index in [4.69, 9.17) is 4.74 Å². The van der Waals surface area contributed by atoms with Crippen LogP contribution in [0.4, 0.5) is 0 Å². The number of hydrogen-bond donors (Lipinski definition) is 1. The fourth-order valence-electron chi connectivity index (χ4n) is 4.51. The fourth-order valence-corrected chi connectivity index (χ4v) is 6.71. The van der Waals surface area contributed by atoms with Crippen LogP contribution in [0.2, 0.25) is 25.7 Å². The van der Waals surface area contributed by atoms with Crippen molar-refractivity contribution in [2.45, 2.75) is 63.5 Å². The van der Waals surface area contributed by atoms with Crippen molar-refractivity contribution in [2.75, 3.05) is 26.7 Å². The first kappa shape index (κ1) is 28.9. The molecule has 1 saturated heterocycles. The van der Waals surface area contributed by atoms with Crippen LogP contribution in [0.3, 0.4) is 0 Å². The van der Waals surface area contributed by atoms with Crippen LogP contribution in [0.25, 0.3) is 22.3 Å². The van der Waals surface area contributed by atoms with E-state index < -0.39 is 34.8 Å². The molecule has 0 bridgehead atoms. The summed E-state index contributed by atoms with van der Waals surface area (Å²) in [5.41, 5.74) is 0.901. The summed E-state index contributed by atoms with van der Waals surface area (Å²) in [7, 11) is -3.18. The summed E-state index contributed by atoms with van der Waals surface area (Å²) >= 11 is 0. The van der Waals surface area contributed by atoms with E-state index in [9.17, 15) is 18.5 Å². The molecule has 1 aliphatic rings. The molecule has 0 aliphatic carbocycles. The van der Waals surface area contributed by atoms with Gasteiger partial charge in [-0.25, -0.2) is 18.4 Å². The molecule has 0 saturated carbocycles. The lowest BCUT2D eigenvalue weighted by atomic mass is 9.89. The van der Waals surface area contributed by atoms with Crippen LogP contribution >= 0.6 is 0 Å². The van der Waals surface area contributed by atoms with E-state index in [-0.39, 0.29) is 25.2 Å². The maximum Gasteiger partial charge on any atom is 0.272 e. The van der Waals surface area contributed by atoms with Gasteiger partial charge in [0, 0.05) is 52.6 Å². The van der Waals surface area contributed by atoms with Gasteiger partial charge in [0.25, 0.3) is 5.91 Å². The molecule has 1 aliphatic heterocycles. The number of sulfonamides is 1. The number of nitrogens with one attached hydrogen (secondary N) is 1. The summed E-state index contributed by atoms with van der Waals surface area (Å²) in [6.45, 7) is 11.4.